The molecule has 1 fully saturated rings. The molecule has 1 atom stereocenters. The standard InChI is InChI=1S/C17H24N4O/c1-3-22-17-16(19-14-8-4-5-9-15(14)20-17)21(2)12-13-7-6-10-18-11-13/h4-5,8-9,13,18H,3,6-7,10-12H2,1-2H3/t13-/m1/s1. The number of ether oxygens (including phenoxy) is 1. The van der Waals surface area contributed by atoms with Crippen LogP contribution in [0.4, 0.5) is 5.82 Å². The summed E-state index contributed by atoms with van der Waals surface area (Å²) in [6.07, 6.45) is 2.52. The van der Waals surface area contributed by atoms with Gasteiger partial charge in [0, 0.05) is 13.6 Å². The van der Waals surface area contributed by atoms with Crippen LogP contribution in [0.1, 0.15) is 19.8 Å². The van der Waals surface area contributed by atoms with Crippen molar-refractivity contribution in [3.05, 3.63) is 24.3 Å². The van der Waals surface area contributed by atoms with Crippen molar-refractivity contribution in [1.29, 1.82) is 0 Å². The van der Waals surface area contributed by atoms with Crippen molar-refractivity contribution in [1.82, 2.24) is 15.3 Å². The van der Waals surface area contributed by atoms with Crippen LogP contribution in [0.2, 0.25) is 0 Å². The molecule has 1 aromatic heterocycles. The first-order chi connectivity index (χ1) is 10.8. The molecule has 0 unspecified atom stereocenters. The van der Waals surface area contributed by atoms with Crippen LogP contribution < -0.4 is 15.0 Å². The summed E-state index contributed by atoms with van der Waals surface area (Å²) in [4.78, 5) is 11.6. The molecule has 0 aliphatic carbocycles. The van der Waals surface area contributed by atoms with E-state index in [4.69, 9.17) is 9.72 Å². The van der Waals surface area contributed by atoms with Gasteiger partial charge in [0.05, 0.1) is 17.6 Å². The third kappa shape index (κ3) is 3.30. The number of hydrogen-bond acceptors (Lipinski definition) is 5. The van der Waals surface area contributed by atoms with E-state index in [-0.39, 0.29) is 0 Å². The zero-order chi connectivity index (χ0) is 15.4. The minimum Gasteiger partial charge on any atom is -0.475 e. The Hall–Kier alpha value is -1.88. The molecule has 1 N–H and O–H groups in total. The highest BCUT2D eigenvalue weighted by Gasteiger charge is 2.19. The van der Waals surface area contributed by atoms with Gasteiger partial charge in [-0.05, 0) is 50.9 Å². The molecule has 22 heavy (non-hydrogen) atoms. The van der Waals surface area contributed by atoms with Crippen molar-refractivity contribution in [3.8, 4) is 5.88 Å². The molecule has 0 amide bonds. The molecule has 118 valence electrons. The van der Waals surface area contributed by atoms with Gasteiger partial charge in [0.15, 0.2) is 5.82 Å². The Bertz CT molecular complexity index is 625. The monoisotopic (exact) mass is 300 g/mol. The van der Waals surface area contributed by atoms with E-state index in [1.807, 2.05) is 31.2 Å². The second kappa shape index (κ2) is 6.92. The molecule has 1 saturated heterocycles. The first-order valence-corrected chi connectivity index (χ1v) is 8.09. The number of hydrogen-bond donors (Lipinski definition) is 1. The zero-order valence-electron chi connectivity index (χ0n) is 13.4. The number of fused-ring (bicyclic) bond motifs is 1. The van der Waals surface area contributed by atoms with E-state index >= 15 is 0 Å². The summed E-state index contributed by atoms with van der Waals surface area (Å²) in [5, 5.41) is 3.47. The smallest absolute Gasteiger partial charge is 0.258 e. The van der Waals surface area contributed by atoms with Gasteiger partial charge in [-0.15, -0.1) is 0 Å². The SMILES string of the molecule is CCOc1nc2ccccc2nc1N(C)C[C@@H]1CCCNC1. The quantitative estimate of drug-likeness (QED) is 0.919. The van der Waals surface area contributed by atoms with Crippen molar-refractivity contribution < 1.29 is 4.74 Å². The first kappa shape index (κ1) is 15.0. The fraction of sp³-hybridized carbons (Fsp3) is 0.529. The predicted molar refractivity (Wildman–Crippen MR) is 89.6 cm³/mol. The molecule has 5 nitrogen and oxygen atoms in total. The first-order valence-electron chi connectivity index (χ1n) is 8.09. The van der Waals surface area contributed by atoms with Crippen LogP contribution >= 0.6 is 0 Å². The van der Waals surface area contributed by atoms with Crippen molar-refractivity contribution >= 4 is 16.9 Å². The number of nitrogens with one attached hydrogen (secondary N) is 1. The van der Waals surface area contributed by atoms with E-state index < -0.39 is 0 Å². The Balaban J connectivity index is 1.87. The number of aromatic nitrogens is 2. The van der Waals surface area contributed by atoms with Crippen LogP contribution in [0.25, 0.3) is 11.0 Å². The van der Waals surface area contributed by atoms with Gasteiger partial charge >= 0.3 is 0 Å². The van der Waals surface area contributed by atoms with Crippen molar-refractivity contribution in [2.24, 2.45) is 5.92 Å². The van der Waals surface area contributed by atoms with E-state index in [0.717, 1.165) is 36.5 Å². The molecule has 2 heterocycles. The molecule has 0 saturated carbocycles. The lowest BCUT2D eigenvalue weighted by molar-refractivity contribution is 0.325. The Labute approximate surface area is 131 Å². The van der Waals surface area contributed by atoms with E-state index in [1.54, 1.807) is 0 Å². The summed E-state index contributed by atoms with van der Waals surface area (Å²) in [7, 11) is 2.08. The Morgan fingerprint density at radius 3 is 2.73 bits per heavy atom. The van der Waals surface area contributed by atoms with Crippen LogP contribution in [0.3, 0.4) is 0 Å². The van der Waals surface area contributed by atoms with Gasteiger partial charge in [0.2, 0.25) is 0 Å². The lowest BCUT2D eigenvalue weighted by Gasteiger charge is -2.28. The van der Waals surface area contributed by atoms with Gasteiger partial charge in [0.25, 0.3) is 5.88 Å². The molecule has 2 aromatic rings. The average molecular weight is 300 g/mol. The summed E-state index contributed by atoms with van der Waals surface area (Å²) < 4.78 is 5.72. The molecule has 1 aliphatic heterocycles. The van der Waals surface area contributed by atoms with Gasteiger partial charge in [-0.25, -0.2) is 9.97 Å². The third-order valence-corrected chi connectivity index (χ3v) is 4.09. The molecule has 3 rings (SSSR count). The van der Waals surface area contributed by atoms with Gasteiger partial charge < -0.3 is 15.0 Å². The van der Waals surface area contributed by atoms with Crippen LogP contribution in [0.5, 0.6) is 5.88 Å². The molecule has 5 heteroatoms. The minimum absolute atomic E-state index is 0.596. The molecule has 1 aliphatic rings. The maximum atomic E-state index is 5.72. The molecular formula is C17H24N4O. The minimum atomic E-state index is 0.596. The summed E-state index contributed by atoms with van der Waals surface area (Å²) in [5.41, 5.74) is 1.79. The maximum Gasteiger partial charge on any atom is 0.258 e. The van der Waals surface area contributed by atoms with Crippen molar-refractivity contribution in [2.75, 3.05) is 38.2 Å². The van der Waals surface area contributed by atoms with Crippen LogP contribution in [0.15, 0.2) is 24.3 Å². The zero-order valence-corrected chi connectivity index (χ0v) is 13.4. The second-order valence-corrected chi connectivity index (χ2v) is 5.87. The molecular weight excluding hydrogens is 276 g/mol. The Kier molecular flexibility index (Phi) is 4.73. The number of para-hydroxylation sites is 2. The van der Waals surface area contributed by atoms with Crippen LogP contribution in [-0.4, -0.2) is 43.3 Å². The highest BCUT2D eigenvalue weighted by atomic mass is 16.5. The summed E-state index contributed by atoms with van der Waals surface area (Å²) >= 11 is 0. The highest BCUT2D eigenvalue weighted by molar-refractivity contribution is 5.77. The summed E-state index contributed by atoms with van der Waals surface area (Å²) in [5.74, 6) is 2.13. The van der Waals surface area contributed by atoms with Crippen molar-refractivity contribution in [2.45, 2.75) is 19.8 Å². The predicted octanol–water partition coefficient (Wildman–Crippen LogP) is 2.46. The maximum absolute atomic E-state index is 5.72. The van der Waals surface area contributed by atoms with Gasteiger partial charge in [-0.3, -0.25) is 0 Å². The van der Waals surface area contributed by atoms with Gasteiger partial charge in [0.1, 0.15) is 0 Å². The lowest BCUT2D eigenvalue weighted by atomic mass is 9.99. The van der Waals surface area contributed by atoms with Crippen LogP contribution in [-0.2, 0) is 0 Å². The van der Waals surface area contributed by atoms with E-state index in [0.29, 0.717) is 18.4 Å². The Morgan fingerprint density at radius 1 is 1.27 bits per heavy atom. The molecule has 0 radical (unpaired) electrons. The second-order valence-electron chi connectivity index (χ2n) is 5.87. The number of piperidine rings is 1. The third-order valence-electron chi connectivity index (χ3n) is 4.09. The molecule has 0 bridgehead atoms. The van der Waals surface area contributed by atoms with Gasteiger partial charge in [-0.1, -0.05) is 12.1 Å². The summed E-state index contributed by atoms with van der Waals surface area (Å²) in [6.45, 7) is 5.76. The van der Waals surface area contributed by atoms with Crippen molar-refractivity contribution in [3.63, 3.8) is 0 Å². The average Bonchev–Trinajstić information content (AvgIpc) is 2.55. The number of rotatable bonds is 5. The van der Waals surface area contributed by atoms with Crippen LogP contribution in [0, 0.1) is 5.92 Å². The fourth-order valence-corrected chi connectivity index (χ4v) is 3.01. The molecule has 1 aromatic carbocycles. The number of anilines is 1. The Morgan fingerprint density at radius 2 is 2.05 bits per heavy atom. The van der Waals surface area contributed by atoms with Gasteiger partial charge in [-0.2, -0.15) is 0 Å². The molecule has 0 spiro atoms. The largest absolute Gasteiger partial charge is 0.475 e. The lowest BCUT2D eigenvalue weighted by Crippen LogP contribution is -2.37. The highest BCUT2D eigenvalue weighted by Crippen LogP contribution is 2.27. The number of nitrogens with zero attached hydrogens (tertiary/aromatic N) is 3. The van der Waals surface area contributed by atoms with E-state index in [9.17, 15) is 0 Å². The number of benzene rings is 1. The normalized spacial score (nSPS) is 18.4. The topological polar surface area (TPSA) is 50.3 Å². The summed E-state index contributed by atoms with van der Waals surface area (Å²) in [6, 6.07) is 7.94. The van der Waals surface area contributed by atoms with E-state index in [1.165, 1.54) is 12.8 Å². The van der Waals surface area contributed by atoms with E-state index in [2.05, 4.69) is 22.2 Å². The fourth-order valence-electron chi connectivity index (χ4n) is 3.01.